The fraction of sp³-hybridized carbons (Fsp3) is 0.214. The lowest BCUT2D eigenvalue weighted by Gasteiger charge is -2.03. The number of carbonyl (C=O) groups is 1. The highest BCUT2D eigenvalue weighted by Crippen LogP contribution is 2.13. The molecule has 0 heterocycles. The maximum atomic E-state index is 13.6. The molecule has 1 rings (SSSR count). The van der Waals surface area contributed by atoms with Gasteiger partial charge in [-0.05, 0) is 25.1 Å². The molecule has 3 nitrogen and oxygen atoms in total. The number of carbonyl (C=O) groups excluding carboxylic acids is 1. The smallest absolute Gasteiger partial charge is 0.384 e. The summed E-state index contributed by atoms with van der Waals surface area (Å²) in [6.45, 7) is 6.03. The van der Waals surface area contributed by atoms with Gasteiger partial charge in [-0.25, -0.2) is 9.18 Å². The average Bonchev–Trinajstić information content (AvgIpc) is 2.35. The lowest BCUT2D eigenvalue weighted by Crippen LogP contribution is -2.00. The lowest BCUT2D eigenvalue weighted by molar-refractivity contribution is -0.136. The van der Waals surface area contributed by atoms with Crippen molar-refractivity contribution in [1.82, 2.24) is 0 Å². The summed E-state index contributed by atoms with van der Waals surface area (Å²) in [5.74, 6) is 3.50. The molecule has 1 aromatic carbocycles. The molecule has 0 atom stereocenters. The highest BCUT2D eigenvalue weighted by molar-refractivity contribution is 5.89. The molecule has 0 radical (unpaired) electrons. The summed E-state index contributed by atoms with van der Waals surface area (Å²) in [6.07, 6.45) is 1.67. The minimum Gasteiger partial charge on any atom is -0.456 e. The second kappa shape index (κ2) is 7.13. The number of nitrogens with one attached hydrogen (secondary N) is 1. The van der Waals surface area contributed by atoms with Crippen LogP contribution >= 0.6 is 0 Å². The Morgan fingerprint density at radius 3 is 3.00 bits per heavy atom. The minimum atomic E-state index is -0.661. The quantitative estimate of drug-likeness (QED) is 0.504. The molecule has 0 aliphatic rings. The van der Waals surface area contributed by atoms with Crippen molar-refractivity contribution in [3.8, 4) is 11.8 Å². The van der Waals surface area contributed by atoms with Crippen LogP contribution in [0.15, 0.2) is 30.9 Å². The number of anilines is 1. The summed E-state index contributed by atoms with van der Waals surface area (Å²) >= 11 is 0. The Balaban J connectivity index is 2.79. The summed E-state index contributed by atoms with van der Waals surface area (Å²) in [5, 5.41) is 2.95. The van der Waals surface area contributed by atoms with E-state index in [1.165, 1.54) is 12.1 Å². The van der Waals surface area contributed by atoms with Crippen molar-refractivity contribution in [3.63, 3.8) is 0 Å². The summed E-state index contributed by atoms with van der Waals surface area (Å²) in [6, 6.07) is 4.51. The maximum absolute atomic E-state index is 13.6. The Hall–Kier alpha value is -2.28. The fourth-order valence-electron chi connectivity index (χ4n) is 1.20. The molecule has 1 aromatic rings. The van der Waals surface area contributed by atoms with Crippen molar-refractivity contribution in [1.29, 1.82) is 0 Å². The molecule has 0 saturated heterocycles. The first-order valence-electron chi connectivity index (χ1n) is 5.50. The molecule has 0 aromatic heterocycles. The van der Waals surface area contributed by atoms with E-state index >= 15 is 0 Å². The molecule has 0 aliphatic heterocycles. The summed E-state index contributed by atoms with van der Waals surface area (Å²) in [7, 11) is 0. The Kier molecular flexibility index (Phi) is 5.46. The van der Waals surface area contributed by atoms with Gasteiger partial charge in [-0.15, -0.1) is 6.58 Å². The standard InChI is InChI=1S/C14H14FNO2/c1-3-9-16-12-7-5-11(13(15)10-12)6-8-14(17)18-4-2/h3,5,7,10,16H,1,4,9H2,2H3. The first kappa shape index (κ1) is 13.8. The molecule has 0 aliphatic carbocycles. The summed E-state index contributed by atoms with van der Waals surface area (Å²) < 4.78 is 18.2. The number of hydrogen-bond acceptors (Lipinski definition) is 3. The number of halogens is 1. The van der Waals surface area contributed by atoms with Gasteiger partial charge < -0.3 is 10.1 Å². The van der Waals surface area contributed by atoms with E-state index in [4.69, 9.17) is 0 Å². The molecule has 0 fully saturated rings. The normalized spacial score (nSPS) is 9.00. The van der Waals surface area contributed by atoms with Crippen LogP contribution in [-0.4, -0.2) is 19.1 Å². The van der Waals surface area contributed by atoms with Crippen molar-refractivity contribution in [2.24, 2.45) is 0 Å². The van der Waals surface area contributed by atoms with E-state index in [0.717, 1.165) is 0 Å². The van der Waals surface area contributed by atoms with Gasteiger partial charge in [0.15, 0.2) is 0 Å². The van der Waals surface area contributed by atoms with E-state index in [0.29, 0.717) is 12.2 Å². The van der Waals surface area contributed by atoms with Crippen LogP contribution < -0.4 is 5.32 Å². The van der Waals surface area contributed by atoms with Crippen LogP contribution in [0.5, 0.6) is 0 Å². The highest BCUT2D eigenvalue weighted by atomic mass is 19.1. The molecule has 0 saturated carbocycles. The van der Waals surface area contributed by atoms with Crippen molar-refractivity contribution in [3.05, 3.63) is 42.2 Å². The van der Waals surface area contributed by atoms with Crippen LogP contribution in [0.1, 0.15) is 12.5 Å². The third-order valence-corrected chi connectivity index (χ3v) is 1.99. The maximum Gasteiger partial charge on any atom is 0.384 e. The predicted octanol–water partition coefficient (Wildman–Crippen LogP) is 2.34. The van der Waals surface area contributed by atoms with Crippen molar-refractivity contribution in [2.45, 2.75) is 6.92 Å². The largest absolute Gasteiger partial charge is 0.456 e. The van der Waals surface area contributed by atoms with Crippen LogP contribution in [0.2, 0.25) is 0 Å². The zero-order chi connectivity index (χ0) is 13.4. The van der Waals surface area contributed by atoms with E-state index in [1.54, 1.807) is 19.1 Å². The predicted molar refractivity (Wildman–Crippen MR) is 68.6 cm³/mol. The monoisotopic (exact) mass is 247 g/mol. The Morgan fingerprint density at radius 1 is 1.61 bits per heavy atom. The summed E-state index contributed by atoms with van der Waals surface area (Å²) in [4.78, 5) is 11.0. The zero-order valence-electron chi connectivity index (χ0n) is 10.1. The van der Waals surface area contributed by atoms with Gasteiger partial charge >= 0.3 is 5.97 Å². The van der Waals surface area contributed by atoms with Crippen LogP contribution in [0, 0.1) is 17.7 Å². The average molecular weight is 247 g/mol. The van der Waals surface area contributed by atoms with Crippen LogP contribution in [0.3, 0.4) is 0 Å². The Morgan fingerprint density at radius 2 is 2.39 bits per heavy atom. The number of esters is 1. The van der Waals surface area contributed by atoms with Crippen LogP contribution in [-0.2, 0) is 9.53 Å². The van der Waals surface area contributed by atoms with Gasteiger partial charge in [0.05, 0.1) is 12.2 Å². The number of hydrogen-bond donors (Lipinski definition) is 1. The number of ether oxygens (including phenoxy) is 1. The third-order valence-electron chi connectivity index (χ3n) is 1.99. The van der Waals surface area contributed by atoms with E-state index in [-0.39, 0.29) is 12.2 Å². The molecule has 0 bridgehead atoms. The zero-order valence-corrected chi connectivity index (χ0v) is 10.1. The molecule has 1 N–H and O–H groups in total. The second-order valence-electron chi connectivity index (χ2n) is 3.33. The van der Waals surface area contributed by atoms with E-state index in [2.05, 4.69) is 28.5 Å². The van der Waals surface area contributed by atoms with Gasteiger partial charge in [0.2, 0.25) is 0 Å². The van der Waals surface area contributed by atoms with E-state index in [9.17, 15) is 9.18 Å². The molecular formula is C14H14FNO2. The molecule has 94 valence electrons. The first-order chi connectivity index (χ1) is 8.67. The lowest BCUT2D eigenvalue weighted by atomic mass is 10.2. The van der Waals surface area contributed by atoms with Gasteiger partial charge in [0, 0.05) is 18.2 Å². The van der Waals surface area contributed by atoms with Gasteiger partial charge in [-0.3, -0.25) is 0 Å². The molecule has 0 unspecified atom stereocenters. The topological polar surface area (TPSA) is 38.3 Å². The highest BCUT2D eigenvalue weighted by Gasteiger charge is 2.01. The van der Waals surface area contributed by atoms with Crippen LogP contribution in [0.25, 0.3) is 0 Å². The van der Waals surface area contributed by atoms with Gasteiger partial charge in [-0.1, -0.05) is 12.0 Å². The molecule has 0 amide bonds. The molecule has 18 heavy (non-hydrogen) atoms. The first-order valence-corrected chi connectivity index (χ1v) is 5.50. The fourth-order valence-corrected chi connectivity index (χ4v) is 1.20. The van der Waals surface area contributed by atoms with Gasteiger partial charge in [0.1, 0.15) is 5.82 Å². The van der Waals surface area contributed by atoms with Gasteiger partial charge in [0.25, 0.3) is 0 Å². The Labute approximate surface area is 106 Å². The number of rotatable bonds is 4. The number of benzene rings is 1. The third kappa shape index (κ3) is 4.30. The van der Waals surface area contributed by atoms with Crippen molar-refractivity contribution in [2.75, 3.05) is 18.5 Å². The van der Waals surface area contributed by atoms with E-state index < -0.39 is 11.8 Å². The summed E-state index contributed by atoms with van der Waals surface area (Å²) in [5.41, 5.74) is 0.793. The molecule has 0 spiro atoms. The minimum absolute atomic E-state index is 0.159. The SMILES string of the molecule is C=CCNc1ccc(C#CC(=O)OCC)c(F)c1. The van der Waals surface area contributed by atoms with Crippen LogP contribution in [0.4, 0.5) is 10.1 Å². The van der Waals surface area contributed by atoms with Crippen molar-refractivity contribution < 1.29 is 13.9 Å². The van der Waals surface area contributed by atoms with Crippen molar-refractivity contribution >= 4 is 11.7 Å². The second-order valence-corrected chi connectivity index (χ2v) is 3.33. The Bertz CT molecular complexity index is 500. The molecular weight excluding hydrogens is 233 g/mol. The van der Waals surface area contributed by atoms with Gasteiger partial charge in [-0.2, -0.15) is 0 Å². The van der Waals surface area contributed by atoms with E-state index in [1.807, 2.05) is 0 Å². The molecule has 4 heteroatoms.